The Labute approximate surface area is 96.4 Å². The lowest BCUT2D eigenvalue weighted by Gasteiger charge is -2.26. The number of hydrogen-bond donors (Lipinski definition) is 0. The Morgan fingerprint density at radius 2 is 2.33 bits per heavy atom. The number of benzene rings is 1. The van der Waals surface area contributed by atoms with Gasteiger partial charge in [-0.05, 0) is 24.1 Å². The van der Waals surface area contributed by atoms with E-state index in [0.29, 0.717) is 12.1 Å². The maximum Gasteiger partial charge on any atom is 0.255 e. The Morgan fingerprint density at radius 3 is 3.07 bits per heavy atom. The van der Waals surface area contributed by atoms with Gasteiger partial charge in [0.15, 0.2) is 0 Å². The second kappa shape index (κ2) is 4.03. The van der Waals surface area contributed by atoms with Crippen LogP contribution in [0.5, 0.6) is 0 Å². The highest BCUT2D eigenvalue weighted by Gasteiger charge is 2.23. The Balaban J connectivity index is 2.37. The van der Waals surface area contributed by atoms with Crippen LogP contribution in [0.15, 0.2) is 22.7 Å². The zero-order valence-corrected chi connectivity index (χ0v) is 9.62. The molecule has 4 heteroatoms. The van der Waals surface area contributed by atoms with Crippen molar-refractivity contribution in [2.45, 2.75) is 6.42 Å². The fraction of sp³-hybridized carbons (Fsp3) is 0.273. The van der Waals surface area contributed by atoms with Crippen LogP contribution in [0.1, 0.15) is 15.9 Å². The van der Waals surface area contributed by atoms with E-state index in [2.05, 4.69) is 15.9 Å². The average Bonchev–Trinajstić information content (AvgIpc) is 2.23. The molecule has 2 rings (SSSR count). The predicted octanol–water partition coefficient (Wildman–Crippen LogP) is 1.97. The lowest BCUT2D eigenvalue weighted by molar-refractivity contribution is 0.0761. The number of fused-ring (bicyclic) bond motifs is 1. The van der Waals surface area contributed by atoms with Crippen LogP contribution >= 0.6 is 15.9 Å². The third kappa shape index (κ3) is 1.88. The van der Waals surface area contributed by atoms with Crippen LogP contribution in [-0.2, 0) is 6.42 Å². The second-order valence-electron chi connectivity index (χ2n) is 3.44. The molecule has 0 unspecified atom stereocenters. The molecule has 0 atom stereocenters. The first-order valence-electron chi connectivity index (χ1n) is 4.67. The van der Waals surface area contributed by atoms with Gasteiger partial charge >= 0.3 is 0 Å². The number of carbonyl (C=O) groups excluding carboxylic acids is 1. The van der Waals surface area contributed by atoms with Gasteiger partial charge in [0.1, 0.15) is 6.54 Å². The van der Waals surface area contributed by atoms with Crippen LogP contribution < -0.4 is 0 Å². The van der Waals surface area contributed by atoms with Crippen LogP contribution in [0.4, 0.5) is 0 Å². The van der Waals surface area contributed by atoms with Crippen molar-refractivity contribution in [3.8, 4) is 6.07 Å². The topological polar surface area (TPSA) is 44.1 Å². The predicted molar refractivity (Wildman–Crippen MR) is 59.4 cm³/mol. The van der Waals surface area contributed by atoms with E-state index in [-0.39, 0.29) is 12.5 Å². The highest BCUT2D eigenvalue weighted by Crippen LogP contribution is 2.22. The van der Waals surface area contributed by atoms with Gasteiger partial charge in [-0.3, -0.25) is 4.79 Å². The molecule has 1 aliphatic rings. The van der Waals surface area contributed by atoms with Gasteiger partial charge in [0.25, 0.3) is 5.91 Å². The van der Waals surface area contributed by atoms with Crippen molar-refractivity contribution in [1.29, 1.82) is 5.26 Å². The third-order valence-electron chi connectivity index (χ3n) is 2.50. The molecule has 3 nitrogen and oxygen atoms in total. The van der Waals surface area contributed by atoms with Gasteiger partial charge in [0.05, 0.1) is 6.07 Å². The molecule has 1 amide bonds. The highest BCUT2D eigenvalue weighted by molar-refractivity contribution is 9.10. The van der Waals surface area contributed by atoms with Gasteiger partial charge in [-0.2, -0.15) is 5.26 Å². The first kappa shape index (κ1) is 10.2. The zero-order chi connectivity index (χ0) is 10.8. The van der Waals surface area contributed by atoms with E-state index in [0.717, 1.165) is 16.5 Å². The van der Waals surface area contributed by atoms with Crippen molar-refractivity contribution in [2.24, 2.45) is 0 Å². The van der Waals surface area contributed by atoms with E-state index in [4.69, 9.17) is 5.26 Å². The summed E-state index contributed by atoms with van der Waals surface area (Å²) in [5.41, 5.74) is 1.78. The molecule has 1 aromatic carbocycles. The lowest BCUT2D eigenvalue weighted by atomic mass is 9.99. The van der Waals surface area contributed by atoms with E-state index in [1.54, 1.807) is 4.90 Å². The third-order valence-corrected chi connectivity index (χ3v) is 3.00. The van der Waals surface area contributed by atoms with Crippen molar-refractivity contribution >= 4 is 21.8 Å². The smallest absolute Gasteiger partial charge is 0.255 e. The first-order valence-corrected chi connectivity index (χ1v) is 5.46. The van der Waals surface area contributed by atoms with Gasteiger partial charge in [0, 0.05) is 16.6 Å². The molecule has 0 radical (unpaired) electrons. The summed E-state index contributed by atoms with van der Waals surface area (Å²) in [4.78, 5) is 13.5. The Bertz CT molecular complexity index is 450. The SMILES string of the molecule is N#CCN1CCc2ccc(Br)cc2C1=O. The van der Waals surface area contributed by atoms with E-state index in [1.165, 1.54) is 0 Å². The molecule has 0 bridgehead atoms. The fourth-order valence-corrected chi connectivity index (χ4v) is 2.09. The molecule has 0 aromatic heterocycles. The standard InChI is InChI=1S/C11H9BrN2O/c12-9-2-1-8-3-5-14(6-4-13)11(15)10(8)7-9/h1-2,7H,3,5-6H2. The summed E-state index contributed by atoms with van der Waals surface area (Å²) >= 11 is 3.34. The number of nitrogens with zero attached hydrogens (tertiary/aromatic N) is 2. The minimum Gasteiger partial charge on any atom is -0.325 e. The number of amides is 1. The van der Waals surface area contributed by atoms with E-state index in [1.807, 2.05) is 24.3 Å². The first-order chi connectivity index (χ1) is 7.22. The normalized spacial score (nSPS) is 14.7. The number of rotatable bonds is 1. The van der Waals surface area contributed by atoms with Crippen LogP contribution in [0.2, 0.25) is 0 Å². The van der Waals surface area contributed by atoms with Gasteiger partial charge in [-0.15, -0.1) is 0 Å². The van der Waals surface area contributed by atoms with Crippen molar-refractivity contribution in [1.82, 2.24) is 4.90 Å². The largest absolute Gasteiger partial charge is 0.325 e. The summed E-state index contributed by atoms with van der Waals surface area (Å²) in [5.74, 6) is -0.0425. The van der Waals surface area contributed by atoms with Crippen LogP contribution in [0, 0.1) is 11.3 Å². The minimum absolute atomic E-state index is 0.0425. The Kier molecular flexibility index (Phi) is 2.74. The molecule has 0 spiro atoms. The van der Waals surface area contributed by atoms with Gasteiger partial charge in [0.2, 0.25) is 0 Å². The van der Waals surface area contributed by atoms with Crippen LogP contribution in [0.3, 0.4) is 0 Å². The molecule has 15 heavy (non-hydrogen) atoms. The molecule has 0 saturated carbocycles. The summed E-state index contributed by atoms with van der Waals surface area (Å²) in [6.45, 7) is 0.811. The summed E-state index contributed by atoms with van der Waals surface area (Å²) in [6, 6.07) is 7.72. The number of nitriles is 1. The molecule has 1 aromatic rings. The van der Waals surface area contributed by atoms with E-state index < -0.39 is 0 Å². The number of halogens is 1. The van der Waals surface area contributed by atoms with Crippen LogP contribution in [-0.4, -0.2) is 23.9 Å². The fourth-order valence-electron chi connectivity index (χ4n) is 1.73. The minimum atomic E-state index is -0.0425. The molecule has 0 aliphatic carbocycles. The van der Waals surface area contributed by atoms with Crippen molar-refractivity contribution in [2.75, 3.05) is 13.1 Å². The number of hydrogen-bond acceptors (Lipinski definition) is 2. The molecule has 0 saturated heterocycles. The highest BCUT2D eigenvalue weighted by atomic mass is 79.9. The lowest BCUT2D eigenvalue weighted by Crippen LogP contribution is -2.37. The Hall–Kier alpha value is -1.34. The van der Waals surface area contributed by atoms with Crippen LogP contribution in [0.25, 0.3) is 0 Å². The molecule has 1 heterocycles. The maximum absolute atomic E-state index is 11.9. The zero-order valence-electron chi connectivity index (χ0n) is 8.03. The molecule has 1 aliphatic heterocycles. The summed E-state index contributed by atoms with van der Waals surface area (Å²) < 4.78 is 0.897. The maximum atomic E-state index is 11.9. The summed E-state index contributed by atoms with van der Waals surface area (Å²) in [5, 5.41) is 8.59. The van der Waals surface area contributed by atoms with Crippen molar-refractivity contribution in [3.05, 3.63) is 33.8 Å². The molecule has 76 valence electrons. The molecule has 0 fully saturated rings. The van der Waals surface area contributed by atoms with Gasteiger partial charge in [-0.1, -0.05) is 22.0 Å². The second-order valence-corrected chi connectivity index (χ2v) is 4.35. The molecule has 0 N–H and O–H groups in total. The summed E-state index contributed by atoms with van der Waals surface area (Å²) in [7, 11) is 0. The Morgan fingerprint density at radius 1 is 1.53 bits per heavy atom. The number of carbonyl (C=O) groups is 1. The van der Waals surface area contributed by atoms with Crippen molar-refractivity contribution < 1.29 is 4.79 Å². The molecular formula is C11H9BrN2O. The quantitative estimate of drug-likeness (QED) is 0.728. The van der Waals surface area contributed by atoms with Gasteiger partial charge < -0.3 is 4.90 Å². The van der Waals surface area contributed by atoms with E-state index >= 15 is 0 Å². The van der Waals surface area contributed by atoms with E-state index in [9.17, 15) is 4.79 Å². The molecular weight excluding hydrogens is 256 g/mol. The summed E-state index contributed by atoms with van der Waals surface area (Å²) in [6.07, 6.45) is 0.829. The monoisotopic (exact) mass is 264 g/mol. The van der Waals surface area contributed by atoms with Crippen molar-refractivity contribution in [3.63, 3.8) is 0 Å². The average molecular weight is 265 g/mol. The van der Waals surface area contributed by atoms with Gasteiger partial charge in [-0.25, -0.2) is 0 Å².